The number of benzene rings is 2. The maximum atomic E-state index is 6.40. The summed E-state index contributed by atoms with van der Waals surface area (Å²) in [5.41, 5.74) is 10.6. The monoisotopic (exact) mass is 278 g/mol. The van der Waals surface area contributed by atoms with Crippen molar-refractivity contribution in [1.82, 2.24) is 4.98 Å². The van der Waals surface area contributed by atoms with E-state index in [9.17, 15) is 0 Å². The number of aryl methyl sites for hydroxylation is 1. The van der Waals surface area contributed by atoms with Crippen LogP contribution in [0.4, 0.5) is 0 Å². The average Bonchev–Trinajstić information content (AvgIpc) is 2.53. The SMILES string of the molecule is COc1ccc(C(N)c2ccc3cccnc3c2)cc1C. The molecule has 0 radical (unpaired) electrons. The van der Waals surface area contributed by atoms with E-state index in [2.05, 4.69) is 35.3 Å². The van der Waals surface area contributed by atoms with Crippen molar-refractivity contribution in [3.63, 3.8) is 0 Å². The molecule has 1 aromatic heterocycles. The van der Waals surface area contributed by atoms with Crippen molar-refractivity contribution in [1.29, 1.82) is 0 Å². The van der Waals surface area contributed by atoms with Gasteiger partial charge in [-0.15, -0.1) is 0 Å². The summed E-state index contributed by atoms with van der Waals surface area (Å²) in [7, 11) is 1.68. The highest BCUT2D eigenvalue weighted by Crippen LogP contribution is 2.26. The number of ether oxygens (including phenoxy) is 1. The second kappa shape index (κ2) is 5.54. The maximum absolute atomic E-state index is 6.40. The van der Waals surface area contributed by atoms with Crippen LogP contribution in [0.25, 0.3) is 10.9 Å². The summed E-state index contributed by atoms with van der Waals surface area (Å²) < 4.78 is 5.29. The van der Waals surface area contributed by atoms with E-state index in [0.717, 1.165) is 33.3 Å². The lowest BCUT2D eigenvalue weighted by Crippen LogP contribution is -2.12. The molecule has 3 nitrogen and oxygen atoms in total. The number of fused-ring (bicyclic) bond motifs is 1. The summed E-state index contributed by atoms with van der Waals surface area (Å²) in [4.78, 5) is 4.39. The van der Waals surface area contributed by atoms with E-state index in [1.54, 1.807) is 13.3 Å². The minimum Gasteiger partial charge on any atom is -0.496 e. The molecule has 0 saturated heterocycles. The van der Waals surface area contributed by atoms with E-state index >= 15 is 0 Å². The van der Waals surface area contributed by atoms with Crippen LogP contribution < -0.4 is 10.5 Å². The fraction of sp³-hybridized carbons (Fsp3) is 0.167. The fourth-order valence-corrected chi connectivity index (χ4v) is 2.56. The van der Waals surface area contributed by atoms with Crippen LogP contribution in [0.2, 0.25) is 0 Å². The van der Waals surface area contributed by atoms with Gasteiger partial charge in [0, 0.05) is 11.6 Å². The number of methoxy groups -OCH3 is 1. The zero-order valence-corrected chi connectivity index (χ0v) is 12.2. The van der Waals surface area contributed by atoms with Crippen molar-refractivity contribution in [2.75, 3.05) is 7.11 Å². The molecule has 0 bridgehead atoms. The van der Waals surface area contributed by atoms with Gasteiger partial charge in [0.1, 0.15) is 5.75 Å². The summed E-state index contributed by atoms with van der Waals surface area (Å²) in [6, 6.07) is 16.1. The maximum Gasteiger partial charge on any atom is 0.121 e. The van der Waals surface area contributed by atoms with E-state index < -0.39 is 0 Å². The van der Waals surface area contributed by atoms with Crippen LogP contribution in [0.1, 0.15) is 22.7 Å². The van der Waals surface area contributed by atoms with Gasteiger partial charge < -0.3 is 10.5 Å². The highest BCUT2D eigenvalue weighted by atomic mass is 16.5. The van der Waals surface area contributed by atoms with Crippen molar-refractivity contribution in [3.05, 3.63) is 71.4 Å². The standard InChI is InChI=1S/C18H18N2O/c1-12-10-14(7-8-17(12)21-2)18(19)15-6-5-13-4-3-9-20-16(13)11-15/h3-11,18H,19H2,1-2H3. The molecule has 0 spiro atoms. The molecule has 21 heavy (non-hydrogen) atoms. The number of pyridine rings is 1. The van der Waals surface area contributed by atoms with Crippen LogP contribution >= 0.6 is 0 Å². The van der Waals surface area contributed by atoms with Gasteiger partial charge in [-0.1, -0.05) is 30.3 Å². The van der Waals surface area contributed by atoms with Crippen molar-refractivity contribution < 1.29 is 4.74 Å². The molecule has 0 aliphatic carbocycles. The molecule has 1 atom stereocenters. The molecular weight excluding hydrogens is 260 g/mol. The first-order valence-corrected chi connectivity index (χ1v) is 6.94. The van der Waals surface area contributed by atoms with Crippen molar-refractivity contribution in [2.24, 2.45) is 5.73 Å². The topological polar surface area (TPSA) is 48.1 Å². The average molecular weight is 278 g/mol. The number of aromatic nitrogens is 1. The summed E-state index contributed by atoms with van der Waals surface area (Å²) in [5.74, 6) is 0.881. The Balaban J connectivity index is 1.99. The van der Waals surface area contributed by atoms with Gasteiger partial charge in [-0.05, 0) is 41.8 Å². The Bertz CT molecular complexity index is 783. The number of nitrogens with two attached hydrogens (primary N) is 1. The molecular formula is C18H18N2O. The van der Waals surface area contributed by atoms with Gasteiger partial charge in [0.2, 0.25) is 0 Å². The van der Waals surface area contributed by atoms with Gasteiger partial charge in [0.15, 0.2) is 0 Å². The Morgan fingerprint density at radius 2 is 1.81 bits per heavy atom. The number of hydrogen-bond acceptors (Lipinski definition) is 3. The third-order valence-electron chi connectivity index (χ3n) is 3.77. The van der Waals surface area contributed by atoms with Gasteiger partial charge in [-0.2, -0.15) is 0 Å². The van der Waals surface area contributed by atoms with Gasteiger partial charge in [0.25, 0.3) is 0 Å². The molecule has 0 aliphatic rings. The zero-order chi connectivity index (χ0) is 14.8. The highest BCUT2D eigenvalue weighted by molar-refractivity contribution is 5.79. The third-order valence-corrected chi connectivity index (χ3v) is 3.77. The van der Waals surface area contributed by atoms with Crippen molar-refractivity contribution in [2.45, 2.75) is 13.0 Å². The van der Waals surface area contributed by atoms with Crippen molar-refractivity contribution >= 4 is 10.9 Å². The first kappa shape index (κ1) is 13.6. The lowest BCUT2D eigenvalue weighted by Gasteiger charge is -2.15. The van der Waals surface area contributed by atoms with Crippen LogP contribution in [0.15, 0.2) is 54.7 Å². The van der Waals surface area contributed by atoms with Crippen LogP contribution in [0.5, 0.6) is 5.75 Å². The van der Waals surface area contributed by atoms with Gasteiger partial charge >= 0.3 is 0 Å². The quantitative estimate of drug-likeness (QED) is 0.796. The fourth-order valence-electron chi connectivity index (χ4n) is 2.56. The van der Waals surface area contributed by atoms with Gasteiger partial charge in [-0.25, -0.2) is 0 Å². The second-order valence-electron chi connectivity index (χ2n) is 5.16. The lowest BCUT2D eigenvalue weighted by molar-refractivity contribution is 0.411. The van der Waals surface area contributed by atoms with E-state index in [-0.39, 0.29) is 6.04 Å². The smallest absolute Gasteiger partial charge is 0.121 e. The summed E-state index contributed by atoms with van der Waals surface area (Å²) in [6.45, 7) is 2.02. The Morgan fingerprint density at radius 1 is 1.05 bits per heavy atom. The first-order chi connectivity index (χ1) is 10.2. The molecule has 3 rings (SSSR count). The Hall–Kier alpha value is -2.39. The minimum atomic E-state index is -0.166. The van der Waals surface area contributed by atoms with Gasteiger partial charge in [-0.3, -0.25) is 4.98 Å². The van der Waals surface area contributed by atoms with E-state index in [0.29, 0.717) is 0 Å². The summed E-state index contributed by atoms with van der Waals surface area (Å²) >= 11 is 0. The molecule has 0 fully saturated rings. The largest absolute Gasteiger partial charge is 0.496 e. The lowest BCUT2D eigenvalue weighted by atomic mass is 9.97. The number of nitrogens with zero attached hydrogens (tertiary/aromatic N) is 1. The Kier molecular flexibility index (Phi) is 3.59. The molecule has 3 aromatic rings. The molecule has 3 heteroatoms. The molecule has 0 amide bonds. The van der Waals surface area contributed by atoms with Crippen LogP contribution in [0, 0.1) is 6.92 Å². The molecule has 106 valence electrons. The van der Waals surface area contributed by atoms with Crippen LogP contribution in [-0.2, 0) is 0 Å². The molecule has 0 saturated carbocycles. The molecule has 2 N–H and O–H groups in total. The molecule has 1 unspecified atom stereocenters. The third kappa shape index (κ3) is 2.60. The molecule has 0 aliphatic heterocycles. The first-order valence-electron chi connectivity index (χ1n) is 6.94. The second-order valence-corrected chi connectivity index (χ2v) is 5.16. The molecule has 2 aromatic carbocycles. The van der Waals surface area contributed by atoms with Crippen molar-refractivity contribution in [3.8, 4) is 5.75 Å². The Morgan fingerprint density at radius 3 is 2.57 bits per heavy atom. The predicted octanol–water partition coefficient (Wildman–Crippen LogP) is 3.60. The summed E-state index contributed by atoms with van der Waals surface area (Å²) in [5, 5.41) is 1.12. The number of hydrogen-bond donors (Lipinski definition) is 1. The number of rotatable bonds is 3. The van der Waals surface area contributed by atoms with Gasteiger partial charge in [0.05, 0.1) is 18.7 Å². The zero-order valence-electron chi connectivity index (χ0n) is 12.2. The van der Waals surface area contributed by atoms with E-state index in [4.69, 9.17) is 10.5 Å². The van der Waals surface area contributed by atoms with Crippen LogP contribution in [0.3, 0.4) is 0 Å². The van der Waals surface area contributed by atoms with Crippen LogP contribution in [-0.4, -0.2) is 12.1 Å². The molecule has 1 heterocycles. The Labute approximate surface area is 124 Å². The normalized spacial score (nSPS) is 12.3. The minimum absolute atomic E-state index is 0.166. The van der Waals surface area contributed by atoms with E-state index in [1.165, 1.54) is 0 Å². The van der Waals surface area contributed by atoms with E-state index in [1.807, 2.05) is 25.1 Å². The summed E-state index contributed by atoms with van der Waals surface area (Å²) in [6.07, 6.45) is 1.80. The predicted molar refractivity (Wildman–Crippen MR) is 85.5 cm³/mol. The highest BCUT2D eigenvalue weighted by Gasteiger charge is 2.11.